The highest BCUT2D eigenvalue weighted by molar-refractivity contribution is 6.26. The van der Waals surface area contributed by atoms with Gasteiger partial charge in [0.25, 0.3) is 23.6 Å². The number of aliphatic hydroxyl groups is 1. The second-order valence-electron chi connectivity index (χ2n) is 8.58. The predicted molar refractivity (Wildman–Crippen MR) is 133 cm³/mol. The third-order valence-corrected chi connectivity index (χ3v) is 6.63. The van der Waals surface area contributed by atoms with E-state index in [0.717, 1.165) is 15.2 Å². The molecule has 7 nitrogen and oxygen atoms in total. The monoisotopic (exact) mass is 474 g/mol. The molecule has 0 aromatic heterocycles. The topological polar surface area (TPSA) is 95.0 Å². The van der Waals surface area contributed by atoms with Crippen LogP contribution in [0.2, 0.25) is 0 Å². The molecule has 4 aromatic rings. The van der Waals surface area contributed by atoms with Crippen molar-refractivity contribution in [2.45, 2.75) is 0 Å². The lowest BCUT2D eigenvalue weighted by Gasteiger charge is -2.26. The zero-order valence-electron chi connectivity index (χ0n) is 18.9. The fourth-order valence-electron chi connectivity index (χ4n) is 5.00. The molecule has 0 radical (unpaired) electrons. The van der Waals surface area contributed by atoms with Crippen LogP contribution < -0.4 is 0 Å². The van der Waals surface area contributed by atoms with Crippen molar-refractivity contribution in [2.24, 2.45) is 0 Å². The zero-order chi connectivity index (χ0) is 25.0. The first-order valence-corrected chi connectivity index (χ1v) is 11.4. The highest BCUT2D eigenvalue weighted by Gasteiger charge is 2.33. The lowest BCUT2D eigenvalue weighted by Crippen LogP contribution is -2.41. The van der Waals surface area contributed by atoms with Gasteiger partial charge in [-0.2, -0.15) is 0 Å². The molecule has 0 spiro atoms. The number of benzene rings is 4. The van der Waals surface area contributed by atoms with Crippen LogP contribution in [0.1, 0.15) is 47.0 Å². The number of carbonyl (C=O) groups is 4. The maximum atomic E-state index is 13.1. The number of nitrogens with zero attached hydrogens (tertiary/aromatic N) is 2. The summed E-state index contributed by atoms with van der Waals surface area (Å²) in [6.07, 6.45) is 0. The molecule has 1 N–H and O–H groups in total. The van der Waals surface area contributed by atoms with E-state index in [9.17, 15) is 24.3 Å². The SMILES string of the molecule is O=C1c2cccc3cccc(c23)C(=O)N1CC#Cc1ccc2c3c(cccc13)C(=O)N(CCO)C2=O. The summed E-state index contributed by atoms with van der Waals surface area (Å²) in [6.45, 7) is -0.503. The maximum Gasteiger partial charge on any atom is 0.262 e. The summed E-state index contributed by atoms with van der Waals surface area (Å²) >= 11 is 0. The first-order valence-electron chi connectivity index (χ1n) is 11.4. The number of aliphatic hydroxyl groups excluding tert-OH is 1. The molecule has 2 aliphatic rings. The van der Waals surface area contributed by atoms with Crippen molar-refractivity contribution in [3.63, 3.8) is 0 Å². The van der Waals surface area contributed by atoms with Crippen molar-refractivity contribution in [2.75, 3.05) is 19.7 Å². The van der Waals surface area contributed by atoms with Crippen LogP contribution in [0.4, 0.5) is 0 Å². The molecule has 0 saturated heterocycles. The van der Waals surface area contributed by atoms with Crippen molar-refractivity contribution in [3.05, 3.63) is 94.5 Å². The Balaban J connectivity index is 1.37. The van der Waals surface area contributed by atoms with Gasteiger partial charge in [0.1, 0.15) is 0 Å². The second kappa shape index (κ2) is 8.15. The molecule has 36 heavy (non-hydrogen) atoms. The molecule has 0 atom stereocenters. The Labute approximate surface area is 205 Å². The zero-order valence-corrected chi connectivity index (χ0v) is 18.9. The van der Waals surface area contributed by atoms with Crippen LogP contribution in [0.15, 0.2) is 66.7 Å². The van der Waals surface area contributed by atoms with E-state index in [-0.39, 0.29) is 19.7 Å². The molecule has 4 amide bonds. The molecule has 0 bridgehead atoms. The van der Waals surface area contributed by atoms with Crippen molar-refractivity contribution in [3.8, 4) is 11.8 Å². The van der Waals surface area contributed by atoms with E-state index in [0.29, 0.717) is 44.0 Å². The molecule has 4 aromatic carbocycles. The number of imide groups is 2. The summed E-state index contributed by atoms with van der Waals surface area (Å²) in [4.78, 5) is 54.1. The van der Waals surface area contributed by atoms with E-state index >= 15 is 0 Å². The lowest BCUT2D eigenvalue weighted by atomic mass is 9.91. The summed E-state index contributed by atoms with van der Waals surface area (Å²) in [6, 6.07) is 19.2. The minimum absolute atomic E-state index is 0.0796. The molecular formula is C29H18N2O5. The minimum Gasteiger partial charge on any atom is -0.395 e. The number of carbonyl (C=O) groups excluding carboxylic acids is 4. The van der Waals surface area contributed by atoms with Crippen LogP contribution in [-0.2, 0) is 0 Å². The molecule has 2 heterocycles. The number of amides is 4. The van der Waals surface area contributed by atoms with Crippen LogP contribution >= 0.6 is 0 Å². The summed E-state index contributed by atoms with van der Waals surface area (Å²) in [5.74, 6) is 4.24. The van der Waals surface area contributed by atoms with E-state index in [1.54, 1.807) is 54.6 Å². The first kappa shape index (κ1) is 21.7. The van der Waals surface area contributed by atoms with Gasteiger partial charge in [-0.25, -0.2) is 0 Å². The molecular weight excluding hydrogens is 456 g/mol. The average molecular weight is 474 g/mol. The summed E-state index contributed by atoms with van der Waals surface area (Å²) in [5, 5.41) is 11.9. The van der Waals surface area contributed by atoms with Crippen molar-refractivity contribution in [1.82, 2.24) is 9.80 Å². The van der Waals surface area contributed by atoms with Crippen molar-refractivity contribution < 1.29 is 24.3 Å². The van der Waals surface area contributed by atoms with Crippen molar-refractivity contribution in [1.29, 1.82) is 0 Å². The number of hydrogen-bond acceptors (Lipinski definition) is 5. The predicted octanol–water partition coefficient (Wildman–Crippen LogP) is 3.23. The number of β-amino-alcohol motifs (C(OH)–C–C–N with tert-alkyl or cyclic N) is 1. The fraction of sp³-hybridized carbons (Fsp3) is 0.103. The lowest BCUT2D eigenvalue weighted by molar-refractivity contribution is 0.0576. The molecule has 7 heteroatoms. The van der Waals surface area contributed by atoms with Crippen molar-refractivity contribution >= 4 is 45.2 Å². The van der Waals surface area contributed by atoms with Gasteiger partial charge in [0.15, 0.2) is 0 Å². The quantitative estimate of drug-likeness (QED) is 0.363. The highest BCUT2D eigenvalue weighted by Crippen LogP contribution is 2.32. The molecule has 0 aliphatic carbocycles. The molecule has 6 rings (SSSR count). The van der Waals surface area contributed by atoms with Crippen LogP contribution in [0.3, 0.4) is 0 Å². The highest BCUT2D eigenvalue weighted by atomic mass is 16.3. The van der Waals surface area contributed by atoms with E-state index in [2.05, 4.69) is 11.8 Å². The number of rotatable bonds is 3. The summed E-state index contributed by atoms with van der Waals surface area (Å²) in [5.41, 5.74) is 2.24. The van der Waals surface area contributed by atoms with Crippen LogP contribution in [0, 0.1) is 11.8 Å². The van der Waals surface area contributed by atoms with Gasteiger partial charge in [0.05, 0.1) is 19.7 Å². The Morgan fingerprint density at radius 2 is 1.19 bits per heavy atom. The molecule has 0 unspecified atom stereocenters. The Morgan fingerprint density at radius 3 is 1.83 bits per heavy atom. The van der Waals surface area contributed by atoms with Crippen LogP contribution in [0.5, 0.6) is 0 Å². The van der Waals surface area contributed by atoms with Crippen LogP contribution in [-0.4, -0.2) is 58.2 Å². The fourth-order valence-corrected chi connectivity index (χ4v) is 5.00. The van der Waals surface area contributed by atoms with Gasteiger partial charge in [-0.15, -0.1) is 0 Å². The van der Waals surface area contributed by atoms with Gasteiger partial charge in [-0.1, -0.05) is 48.2 Å². The molecule has 174 valence electrons. The Kier molecular flexibility index (Phi) is 4.92. The van der Waals surface area contributed by atoms with Gasteiger partial charge in [-0.05, 0) is 41.1 Å². The van der Waals surface area contributed by atoms with E-state index in [1.807, 2.05) is 12.1 Å². The van der Waals surface area contributed by atoms with Gasteiger partial charge >= 0.3 is 0 Å². The van der Waals surface area contributed by atoms with Gasteiger partial charge in [0.2, 0.25) is 0 Å². The Bertz CT molecular complexity index is 1650. The average Bonchev–Trinajstić information content (AvgIpc) is 2.90. The molecule has 2 aliphatic heterocycles. The van der Waals surface area contributed by atoms with E-state index in [4.69, 9.17) is 0 Å². The van der Waals surface area contributed by atoms with Gasteiger partial charge in [-0.3, -0.25) is 29.0 Å². The standard InChI is InChI=1S/C29H18N2O5/c32-16-15-31-28(35)22-11-3-8-19-17(12-13-23(25(19)22)29(31)36)7-4-14-30-26(33)20-9-1-5-18-6-2-10-21(24(18)20)27(30)34/h1-3,5-6,8-13,32H,14-16H2. The van der Waals surface area contributed by atoms with Gasteiger partial charge in [0, 0.05) is 38.6 Å². The molecule has 0 saturated carbocycles. The summed E-state index contributed by atoms with van der Waals surface area (Å²) < 4.78 is 0. The van der Waals surface area contributed by atoms with Gasteiger partial charge < -0.3 is 5.11 Å². The smallest absolute Gasteiger partial charge is 0.262 e. The number of hydrogen-bond donors (Lipinski definition) is 1. The van der Waals surface area contributed by atoms with Crippen LogP contribution in [0.25, 0.3) is 21.5 Å². The second-order valence-corrected chi connectivity index (χ2v) is 8.58. The largest absolute Gasteiger partial charge is 0.395 e. The van der Waals surface area contributed by atoms with E-state index < -0.39 is 23.6 Å². The normalized spacial score (nSPS) is 14.5. The first-order chi connectivity index (χ1) is 17.5. The Hall–Kier alpha value is -4.80. The summed E-state index contributed by atoms with van der Waals surface area (Å²) in [7, 11) is 0. The minimum atomic E-state index is -0.463. The third-order valence-electron chi connectivity index (χ3n) is 6.63. The molecule has 0 fully saturated rings. The maximum absolute atomic E-state index is 13.1. The van der Waals surface area contributed by atoms with E-state index in [1.165, 1.54) is 0 Å². The third kappa shape index (κ3) is 3.05. The Morgan fingerprint density at radius 1 is 0.639 bits per heavy atom.